The molecule has 8 rings (SSSR count). The van der Waals surface area contributed by atoms with Crippen molar-refractivity contribution in [1.29, 1.82) is 0 Å². The highest BCUT2D eigenvalue weighted by molar-refractivity contribution is 6.36. The third-order valence-corrected chi connectivity index (χ3v) is 10.5. The monoisotopic (exact) mass is 643 g/mol. The highest BCUT2D eigenvalue weighted by Crippen LogP contribution is 2.53. The number of pyridine rings is 1. The molecule has 6 aliphatic rings. The maximum Gasteiger partial charge on any atom is 0.287 e. The second-order valence-electron chi connectivity index (χ2n) is 14.0. The van der Waals surface area contributed by atoms with E-state index >= 15 is 0 Å². The number of carbonyl (C=O) groups excluding carboxylic acids is 5. The summed E-state index contributed by atoms with van der Waals surface area (Å²) in [5, 5.41) is 11.0. The van der Waals surface area contributed by atoms with Gasteiger partial charge in [0.1, 0.15) is 24.0 Å². The summed E-state index contributed by atoms with van der Waals surface area (Å²) in [5.74, 6) is 0.0965. The molecule has 0 saturated heterocycles. The van der Waals surface area contributed by atoms with Crippen molar-refractivity contribution in [2.24, 2.45) is 23.7 Å². The van der Waals surface area contributed by atoms with Crippen LogP contribution in [0, 0.1) is 23.7 Å². The third-order valence-electron chi connectivity index (χ3n) is 10.5. The van der Waals surface area contributed by atoms with Crippen molar-refractivity contribution in [3.8, 4) is 0 Å². The number of ketones is 1. The zero-order valence-electron chi connectivity index (χ0n) is 26.3. The average Bonchev–Trinajstić information content (AvgIpc) is 3.75. The Morgan fingerprint density at radius 3 is 2.43 bits per heavy atom. The minimum atomic E-state index is -1.26. The number of aryl methyl sites for hydroxylation is 1. The molecule has 0 aromatic carbocycles. The summed E-state index contributed by atoms with van der Waals surface area (Å²) in [6.07, 6.45) is 13.9. The van der Waals surface area contributed by atoms with Crippen molar-refractivity contribution >= 4 is 41.2 Å². The predicted octanol–water partition coefficient (Wildman–Crippen LogP) is 2.71. The molecule has 6 aliphatic carbocycles. The third kappa shape index (κ3) is 6.96. The Labute approximate surface area is 272 Å². The molecule has 4 N–H and O–H groups in total. The van der Waals surface area contributed by atoms with E-state index in [1.54, 1.807) is 18.2 Å². The van der Waals surface area contributed by atoms with Gasteiger partial charge in [-0.2, -0.15) is 0 Å². The number of nitrogens with zero attached hydrogens (tertiary/aromatic N) is 1. The van der Waals surface area contributed by atoms with Gasteiger partial charge >= 0.3 is 0 Å². The molecule has 0 spiro atoms. The van der Waals surface area contributed by atoms with E-state index in [2.05, 4.69) is 21.3 Å². The number of hydrogen-bond acceptors (Lipinski definition) is 7. The number of rotatable bonds is 12. The Morgan fingerprint density at radius 2 is 1.72 bits per heavy atom. The van der Waals surface area contributed by atoms with E-state index in [1.807, 2.05) is 6.08 Å². The van der Waals surface area contributed by atoms with E-state index in [9.17, 15) is 28.8 Å². The number of allylic oxidation sites excluding steroid dienone is 1. The lowest BCUT2D eigenvalue weighted by molar-refractivity contribution is -0.138. The number of hydrogen-bond donors (Lipinski definition) is 4. The first-order valence-electron chi connectivity index (χ1n) is 16.9. The second kappa shape index (κ2) is 13.0. The quantitative estimate of drug-likeness (QED) is 0.258. The molecule has 12 heteroatoms. The van der Waals surface area contributed by atoms with Gasteiger partial charge in [-0.25, -0.2) is 0 Å². The van der Waals surface area contributed by atoms with Crippen molar-refractivity contribution in [2.45, 2.75) is 95.3 Å². The van der Waals surface area contributed by atoms with Gasteiger partial charge in [-0.1, -0.05) is 6.08 Å². The van der Waals surface area contributed by atoms with E-state index < -0.39 is 35.1 Å². The van der Waals surface area contributed by atoms with Crippen LogP contribution in [-0.4, -0.2) is 52.1 Å². The van der Waals surface area contributed by atoms with Crippen LogP contribution in [0.25, 0.3) is 6.08 Å². The summed E-state index contributed by atoms with van der Waals surface area (Å²) in [5.41, 5.74) is 0.231. The molecule has 0 unspecified atom stereocenters. The number of Topliss-reactive ketones (excluding diaryl/α,β-unsaturated/α-hetero) is 1. The van der Waals surface area contributed by atoms with Gasteiger partial charge in [0, 0.05) is 24.7 Å². The molecule has 12 nitrogen and oxygen atoms in total. The van der Waals surface area contributed by atoms with Crippen LogP contribution >= 0.6 is 0 Å². The summed E-state index contributed by atoms with van der Waals surface area (Å²) in [6.45, 7) is -0.187. The number of anilines is 1. The fourth-order valence-corrected chi connectivity index (χ4v) is 8.22. The van der Waals surface area contributed by atoms with E-state index in [0.717, 1.165) is 68.8 Å². The number of fused-ring (bicyclic) bond motifs is 1. The highest BCUT2D eigenvalue weighted by Gasteiger charge is 2.48. The first-order chi connectivity index (χ1) is 22.7. The van der Waals surface area contributed by atoms with Crippen LogP contribution in [0.2, 0.25) is 0 Å². The summed E-state index contributed by atoms with van der Waals surface area (Å²) < 4.78 is 6.94. The van der Waals surface area contributed by atoms with Crippen LogP contribution in [0.1, 0.15) is 86.1 Å². The highest BCUT2D eigenvalue weighted by atomic mass is 16.4. The Balaban J connectivity index is 1.01. The van der Waals surface area contributed by atoms with Crippen LogP contribution in [0.3, 0.4) is 0 Å². The van der Waals surface area contributed by atoms with E-state index in [4.69, 9.17) is 4.42 Å². The molecule has 2 aromatic heterocycles. The van der Waals surface area contributed by atoms with Crippen molar-refractivity contribution < 1.29 is 28.4 Å². The lowest BCUT2D eigenvalue weighted by Gasteiger charge is -2.54. The molecular weight excluding hydrogens is 602 g/mol. The van der Waals surface area contributed by atoms with Gasteiger partial charge in [0.2, 0.25) is 17.6 Å². The molecule has 248 valence electrons. The molecule has 1 atom stereocenters. The number of furan rings is 1. The molecule has 2 aromatic rings. The Bertz CT molecular complexity index is 1660. The van der Waals surface area contributed by atoms with Crippen molar-refractivity contribution in [3.05, 3.63) is 57.9 Å². The van der Waals surface area contributed by atoms with Crippen LogP contribution in [0.15, 0.2) is 39.7 Å². The van der Waals surface area contributed by atoms with Gasteiger partial charge in [-0.3, -0.25) is 28.8 Å². The minimum absolute atomic E-state index is 0.000495. The molecule has 47 heavy (non-hydrogen) atoms. The van der Waals surface area contributed by atoms with Crippen molar-refractivity contribution in [1.82, 2.24) is 20.5 Å². The van der Waals surface area contributed by atoms with Crippen LogP contribution < -0.4 is 26.8 Å². The van der Waals surface area contributed by atoms with Crippen molar-refractivity contribution in [2.75, 3.05) is 5.32 Å². The number of amides is 4. The zero-order chi connectivity index (χ0) is 32.7. The Morgan fingerprint density at radius 1 is 0.979 bits per heavy atom. The summed E-state index contributed by atoms with van der Waals surface area (Å²) >= 11 is 0. The molecule has 5 saturated carbocycles. The maximum atomic E-state index is 13.5. The smallest absolute Gasteiger partial charge is 0.287 e. The first kappa shape index (κ1) is 31.1. The minimum Gasteiger partial charge on any atom is -0.451 e. The average molecular weight is 644 g/mol. The maximum absolute atomic E-state index is 13.5. The zero-order valence-corrected chi connectivity index (χ0v) is 26.3. The summed E-state index contributed by atoms with van der Waals surface area (Å²) in [6, 6.07) is 3.50. The lowest BCUT2D eigenvalue weighted by atomic mass is 9.54. The fraction of sp³-hybridized carbons (Fsp3) is 0.543. The van der Waals surface area contributed by atoms with Gasteiger partial charge in [0.15, 0.2) is 5.76 Å². The Hall–Kier alpha value is -4.48. The topological polar surface area (TPSA) is 169 Å². The lowest BCUT2D eigenvalue weighted by Crippen LogP contribution is -2.56. The van der Waals surface area contributed by atoms with Crippen LogP contribution in [0.5, 0.6) is 0 Å². The molecule has 0 aliphatic heterocycles. The number of carbonyl (C=O) groups is 5. The second-order valence-corrected chi connectivity index (χ2v) is 14.0. The van der Waals surface area contributed by atoms with Gasteiger partial charge in [0.05, 0.1) is 0 Å². The normalized spacial score (nSPS) is 25.8. The standard InChI is InChI=1S/C35H41N5O7/c41-27(33(44)36-24-7-8-24)10-9-25(37-34(45)29-17-21-4-1-2-6-28(21)47-29)32(43)38-26-5-3-11-40(35(26)46)18-30(42)39-31-22-13-19-12-20(15-22)16-23(31)14-19/h2-3,5-6,11,17,19-20,22-25,31H,1,4,7-10,12-16,18H2,(H,36,44)(H,37,45)(H,38,43)(H,39,42)/t19?,20?,22?,23?,25-,31?/m0/s1. The molecular formula is C35H41N5O7. The van der Waals surface area contributed by atoms with Gasteiger partial charge in [0.25, 0.3) is 17.4 Å². The molecule has 4 amide bonds. The van der Waals surface area contributed by atoms with E-state index in [0.29, 0.717) is 17.6 Å². The molecule has 5 fully saturated rings. The fourth-order valence-electron chi connectivity index (χ4n) is 8.22. The Kier molecular flexibility index (Phi) is 8.59. The van der Waals surface area contributed by atoms with Crippen LogP contribution in [-0.2, 0) is 32.1 Å². The SMILES string of the molecule is O=C(Cn1cccc(NC(=O)[C@H](CCC(=O)C(=O)NC2CC2)NC(=O)c2cc3c(o2)C=CCC3)c1=O)NC1C2CC3CC(C2)CC1C3. The van der Waals surface area contributed by atoms with Crippen molar-refractivity contribution in [3.63, 3.8) is 0 Å². The number of aromatic nitrogens is 1. The van der Waals surface area contributed by atoms with Gasteiger partial charge in [-0.05, 0) is 118 Å². The molecule has 4 bridgehead atoms. The number of nitrogens with one attached hydrogen (secondary N) is 4. The van der Waals surface area contributed by atoms with E-state index in [1.165, 1.54) is 23.3 Å². The predicted molar refractivity (Wildman–Crippen MR) is 171 cm³/mol. The van der Waals surface area contributed by atoms with Gasteiger partial charge < -0.3 is 30.3 Å². The molecule has 0 radical (unpaired) electrons. The largest absolute Gasteiger partial charge is 0.451 e. The summed E-state index contributed by atoms with van der Waals surface area (Å²) in [7, 11) is 0. The van der Waals surface area contributed by atoms with Crippen LogP contribution in [0.4, 0.5) is 5.69 Å². The summed E-state index contributed by atoms with van der Waals surface area (Å²) in [4.78, 5) is 78.0. The molecule has 2 heterocycles. The first-order valence-corrected chi connectivity index (χ1v) is 16.9. The van der Waals surface area contributed by atoms with Gasteiger partial charge in [-0.15, -0.1) is 0 Å². The van der Waals surface area contributed by atoms with E-state index in [-0.39, 0.29) is 48.8 Å².